The van der Waals surface area contributed by atoms with Gasteiger partial charge in [0.2, 0.25) is 0 Å². The van der Waals surface area contributed by atoms with E-state index < -0.39 is 0 Å². The van der Waals surface area contributed by atoms with Gasteiger partial charge in [-0.1, -0.05) is 24.8 Å². The van der Waals surface area contributed by atoms with E-state index in [1.54, 1.807) is 12.2 Å². The summed E-state index contributed by atoms with van der Waals surface area (Å²) in [6.45, 7) is 5.21. The molecular formula is C7H9O2. The van der Waals surface area contributed by atoms with Crippen LogP contribution in [0.5, 0.6) is 0 Å². The molecular weight excluding hydrogens is 116 g/mol. The Morgan fingerprint density at radius 1 is 1.67 bits per heavy atom. The molecule has 0 amide bonds. The molecule has 0 aliphatic rings. The van der Waals surface area contributed by atoms with Gasteiger partial charge in [-0.3, -0.25) is 0 Å². The molecule has 0 aromatic heterocycles. The number of rotatable bonds is 5. The van der Waals surface area contributed by atoms with E-state index in [4.69, 9.17) is 0 Å². The average Bonchev–Trinajstić information content (AvgIpc) is 1.89. The van der Waals surface area contributed by atoms with E-state index >= 15 is 0 Å². The first-order valence-corrected chi connectivity index (χ1v) is 2.68. The molecule has 9 heavy (non-hydrogen) atoms. The second kappa shape index (κ2) is 6.95. The molecule has 2 heteroatoms. The molecule has 0 saturated heterocycles. The quantitative estimate of drug-likeness (QED) is 0.407. The summed E-state index contributed by atoms with van der Waals surface area (Å²) < 4.78 is 4.29. The van der Waals surface area contributed by atoms with Gasteiger partial charge in [-0.05, 0) is 6.42 Å². The first-order valence-electron chi connectivity index (χ1n) is 2.68. The maximum absolute atomic E-state index is 9.45. The van der Waals surface area contributed by atoms with Gasteiger partial charge in [0.05, 0.1) is 6.61 Å². The summed E-state index contributed by atoms with van der Waals surface area (Å²) in [7, 11) is 0. The second-order valence-electron chi connectivity index (χ2n) is 1.38. The zero-order valence-corrected chi connectivity index (χ0v) is 5.17. The summed E-state index contributed by atoms with van der Waals surface area (Å²) in [6, 6.07) is 0. The van der Waals surface area contributed by atoms with Crippen LogP contribution in [0.15, 0.2) is 24.8 Å². The van der Waals surface area contributed by atoms with Crippen LogP contribution in [0.3, 0.4) is 0 Å². The van der Waals surface area contributed by atoms with Gasteiger partial charge < -0.3 is 4.74 Å². The van der Waals surface area contributed by atoms with Crippen molar-refractivity contribution in [1.82, 2.24) is 0 Å². The maximum atomic E-state index is 9.45. The highest BCUT2D eigenvalue weighted by Gasteiger charge is 1.78. The minimum atomic E-state index is 0.397. The van der Waals surface area contributed by atoms with Crippen molar-refractivity contribution in [2.45, 2.75) is 6.42 Å². The minimum Gasteiger partial charge on any atom is -0.457 e. The molecule has 0 unspecified atom stereocenters. The fraction of sp³-hybridized carbons (Fsp3) is 0.286. The number of ether oxygens (including phenoxy) is 1. The van der Waals surface area contributed by atoms with Crippen molar-refractivity contribution in [2.24, 2.45) is 0 Å². The monoisotopic (exact) mass is 125 g/mol. The Labute approximate surface area is 54.8 Å². The lowest BCUT2D eigenvalue weighted by molar-refractivity contribution is 0.284. The van der Waals surface area contributed by atoms with E-state index in [2.05, 4.69) is 11.3 Å². The highest BCUT2D eigenvalue weighted by Crippen LogP contribution is 1.82. The third kappa shape index (κ3) is 6.95. The van der Waals surface area contributed by atoms with Crippen LogP contribution >= 0.6 is 0 Å². The largest absolute Gasteiger partial charge is 0.457 e. The topological polar surface area (TPSA) is 26.3 Å². The summed E-state index contributed by atoms with van der Waals surface area (Å²) in [5.74, 6) is 0. The van der Waals surface area contributed by atoms with Crippen molar-refractivity contribution in [1.29, 1.82) is 0 Å². The number of hydrogen-bond acceptors (Lipinski definition) is 2. The van der Waals surface area contributed by atoms with Gasteiger partial charge in [-0.25, -0.2) is 4.79 Å². The average molecular weight is 125 g/mol. The Hall–Kier alpha value is -1.05. The molecule has 0 spiro atoms. The van der Waals surface area contributed by atoms with E-state index in [-0.39, 0.29) is 0 Å². The van der Waals surface area contributed by atoms with E-state index in [0.717, 1.165) is 6.42 Å². The number of allylic oxidation sites excluding steroid dienone is 2. The molecule has 0 rings (SSSR count). The molecule has 0 aliphatic carbocycles. The first-order chi connectivity index (χ1) is 4.41. The second-order valence-corrected chi connectivity index (χ2v) is 1.38. The maximum Gasteiger partial charge on any atom is 0.417 e. The van der Waals surface area contributed by atoms with Crippen LogP contribution in [0.1, 0.15) is 6.42 Å². The van der Waals surface area contributed by atoms with Crippen LogP contribution in [0.4, 0.5) is 0 Å². The number of carbonyl (C=O) groups excluding carboxylic acids is 1. The Bertz CT molecular complexity index is 105. The molecule has 0 fully saturated rings. The van der Waals surface area contributed by atoms with Crippen molar-refractivity contribution in [2.75, 3.05) is 6.61 Å². The Morgan fingerprint density at radius 3 is 3.00 bits per heavy atom. The normalized spacial score (nSPS) is 9.33. The van der Waals surface area contributed by atoms with Gasteiger partial charge in [-0.15, -0.1) is 0 Å². The van der Waals surface area contributed by atoms with E-state index in [1.165, 1.54) is 6.47 Å². The molecule has 1 radical (unpaired) electrons. The summed E-state index contributed by atoms with van der Waals surface area (Å²) in [5.41, 5.74) is 0. The third-order valence-electron chi connectivity index (χ3n) is 0.718. The van der Waals surface area contributed by atoms with E-state index in [9.17, 15) is 4.79 Å². The summed E-state index contributed by atoms with van der Waals surface area (Å²) in [6.07, 6.45) is 6.06. The van der Waals surface area contributed by atoms with Crippen molar-refractivity contribution in [3.63, 3.8) is 0 Å². The highest BCUT2D eigenvalue weighted by molar-refractivity contribution is 5.38. The summed E-state index contributed by atoms with van der Waals surface area (Å²) >= 11 is 0. The van der Waals surface area contributed by atoms with Gasteiger partial charge in [0, 0.05) is 0 Å². The van der Waals surface area contributed by atoms with Crippen LogP contribution in [-0.4, -0.2) is 13.1 Å². The molecule has 0 heterocycles. The molecule has 0 saturated carbocycles. The first kappa shape index (κ1) is 7.95. The molecule has 0 atom stereocenters. The molecule has 0 bridgehead atoms. The predicted octanol–water partition coefficient (Wildman–Crippen LogP) is 1.20. The minimum absolute atomic E-state index is 0.397. The molecule has 0 aromatic carbocycles. The van der Waals surface area contributed by atoms with Crippen LogP contribution in [0.25, 0.3) is 0 Å². The van der Waals surface area contributed by atoms with Gasteiger partial charge in [0.25, 0.3) is 0 Å². The lowest BCUT2D eigenvalue weighted by atomic mass is 10.4. The standard InChI is InChI=1S/C7H9O2/c1-2-3-4-5-6-9-7-8/h2-4H,1,5-6H2/b4-3+. The molecule has 2 nitrogen and oxygen atoms in total. The third-order valence-corrected chi connectivity index (χ3v) is 0.718. The Kier molecular flexibility index (Phi) is 6.14. The van der Waals surface area contributed by atoms with Crippen LogP contribution < -0.4 is 0 Å². The summed E-state index contributed by atoms with van der Waals surface area (Å²) in [4.78, 5) is 9.45. The SMILES string of the molecule is C=C/C=C/CCO[C]=O. The lowest BCUT2D eigenvalue weighted by Gasteiger charge is -1.87. The smallest absolute Gasteiger partial charge is 0.417 e. The van der Waals surface area contributed by atoms with Crippen molar-refractivity contribution in [3.8, 4) is 0 Å². The van der Waals surface area contributed by atoms with Crippen LogP contribution in [0.2, 0.25) is 0 Å². The lowest BCUT2D eigenvalue weighted by Crippen LogP contribution is -1.87. The van der Waals surface area contributed by atoms with Gasteiger partial charge in [0.1, 0.15) is 0 Å². The fourth-order valence-electron chi connectivity index (χ4n) is 0.361. The molecule has 0 N–H and O–H groups in total. The number of hydrogen-bond donors (Lipinski definition) is 0. The fourth-order valence-corrected chi connectivity index (χ4v) is 0.361. The van der Waals surface area contributed by atoms with Gasteiger partial charge in [-0.2, -0.15) is 0 Å². The zero-order valence-electron chi connectivity index (χ0n) is 5.17. The van der Waals surface area contributed by atoms with Crippen molar-refractivity contribution < 1.29 is 9.53 Å². The van der Waals surface area contributed by atoms with Crippen molar-refractivity contribution in [3.05, 3.63) is 24.8 Å². The van der Waals surface area contributed by atoms with Gasteiger partial charge in [0.15, 0.2) is 0 Å². The van der Waals surface area contributed by atoms with E-state index in [0.29, 0.717) is 6.61 Å². The predicted molar refractivity (Wildman–Crippen MR) is 35.6 cm³/mol. The van der Waals surface area contributed by atoms with Crippen LogP contribution in [-0.2, 0) is 9.53 Å². The summed E-state index contributed by atoms with van der Waals surface area (Å²) in [5, 5.41) is 0. The highest BCUT2D eigenvalue weighted by atomic mass is 16.5. The van der Waals surface area contributed by atoms with Crippen molar-refractivity contribution >= 4 is 6.47 Å². The Balaban J connectivity index is 2.98. The Morgan fingerprint density at radius 2 is 2.44 bits per heavy atom. The molecule has 0 aromatic rings. The van der Waals surface area contributed by atoms with E-state index in [1.807, 2.05) is 6.08 Å². The zero-order chi connectivity index (χ0) is 6.95. The molecule has 49 valence electrons. The van der Waals surface area contributed by atoms with Crippen LogP contribution in [0, 0.1) is 0 Å². The van der Waals surface area contributed by atoms with Gasteiger partial charge >= 0.3 is 6.47 Å². The molecule has 0 aliphatic heterocycles.